The zero-order valence-corrected chi connectivity index (χ0v) is 13.2. The summed E-state index contributed by atoms with van der Waals surface area (Å²) in [4.78, 5) is 27.1. The third-order valence-corrected chi connectivity index (χ3v) is 3.90. The molecule has 1 saturated heterocycles. The minimum atomic E-state index is 0.0725. The van der Waals surface area contributed by atoms with Crippen molar-refractivity contribution in [2.45, 2.75) is 52.5 Å². The van der Waals surface area contributed by atoms with E-state index in [9.17, 15) is 9.59 Å². The van der Waals surface area contributed by atoms with Crippen LogP contribution in [0.2, 0.25) is 0 Å². The SMILES string of the molecule is CCCNC(CC)CCCN1CC(=O)N(CC)CC1=O. The molecule has 2 amide bonds. The zero-order valence-electron chi connectivity index (χ0n) is 13.2. The van der Waals surface area contributed by atoms with Gasteiger partial charge in [-0.3, -0.25) is 9.59 Å². The molecule has 5 heteroatoms. The summed E-state index contributed by atoms with van der Waals surface area (Å²) in [5.74, 6) is 0.157. The van der Waals surface area contributed by atoms with Gasteiger partial charge in [0.1, 0.15) is 0 Å². The van der Waals surface area contributed by atoms with E-state index in [0.29, 0.717) is 19.1 Å². The van der Waals surface area contributed by atoms with Crippen molar-refractivity contribution in [3.05, 3.63) is 0 Å². The number of carbonyl (C=O) groups excluding carboxylic acids is 2. The van der Waals surface area contributed by atoms with Gasteiger partial charge in [-0.05, 0) is 39.2 Å². The largest absolute Gasteiger partial charge is 0.332 e. The molecule has 1 aliphatic rings. The third kappa shape index (κ3) is 5.12. The smallest absolute Gasteiger partial charge is 0.242 e. The highest BCUT2D eigenvalue weighted by Gasteiger charge is 2.28. The molecule has 0 radical (unpaired) electrons. The predicted octanol–water partition coefficient (Wildman–Crippen LogP) is 1.24. The molecule has 0 aromatic carbocycles. The van der Waals surface area contributed by atoms with Crippen LogP contribution in [0, 0.1) is 0 Å². The highest BCUT2D eigenvalue weighted by molar-refractivity contribution is 5.92. The van der Waals surface area contributed by atoms with Crippen molar-refractivity contribution in [1.82, 2.24) is 15.1 Å². The summed E-state index contributed by atoms with van der Waals surface area (Å²) in [6.45, 7) is 9.13. The van der Waals surface area contributed by atoms with Crippen LogP contribution in [0.5, 0.6) is 0 Å². The van der Waals surface area contributed by atoms with E-state index < -0.39 is 0 Å². The first-order valence-electron chi connectivity index (χ1n) is 7.91. The summed E-state index contributed by atoms with van der Waals surface area (Å²) in [6.07, 6.45) is 4.27. The number of rotatable bonds is 9. The molecule has 1 heterocycles. The van der Waals surface area contributed by atoms with Gasteiger partial charge in [0.25, 0.3) is 0 Å². The Kier molecular flexibility index (Phi) is 7.59. The van der Waals surface area contributed by atoms with Crippen LogP contribution in [0.4, 0.5) is 0 Å². The number of nitrogens with one attached hydrogen (secondary N) is 1. The average molecular weight is 283 g/mol. The summed E-state index contributed by atoms with van der Waals surface area (Å²) in [5, 5.41) is 3.51. The number of amides is 2. The van der Waals surface area contributed by atoms with E-state index in [0.717, 1.165) is 32.2 Å². The molecule has 1 aliphatic heterocycles. The quantitative estimate of drug-likeness (QED) is 0.692. The van der Waals surface area contributed by atoms with Crippen molar-refractivity contribution < 1.29 is 9.59 Å². The van der Waals surface area contributed by atoms with E-state index in [4.69, 9.17) is 0 Å². The minimum Gasteiger partial charge on any atom is -0.332 e. The van der Waals surface area contributed by atoms with Gasteiger partial charge >= 0.3 is 0 Å². The molecule has 1 fully saturated rings. The molecule has 1 N–H and O–H groups in total. The Hall–Kier alpha value is -1.10. The number of hydrogen-bond donors (Lipinski definition) is 1. The first-order chi connectivity index (χ1) is 9.62. The molecule has 1 unspecified atom stereocenters. The topological polar surface area (TPSA) is 52.7 Å². The monoisotopic (exact) mass is 283 g/mol. The number of carbonyl (C=O) groups is 2. The van der Waals surface area contributed by atoms with Gasteiger partial charge in [-0.25, -0.2) is 0 Å². The summed E-state index contributed by atoms with van der Waals surface area (Å²) >= 11 is 0. The molecule has 20 heavy (non-hydrogen) atoms. The third-order valence-electron chi connectivity index (χ3n) is 3.90. The molecule has 116 valence electrons. The minimum absolute atomic E-state index is 0.0725. The molecule has 5 nitrogen and oxygen atoms in total. The Balaban J connectivity index is 2.30. The standard InChI is InChI=1S/C15H29N3O2/c1-4-9-16-13(5-2)8-7-10-18-12-14(19)17(6-3)11-15(18)20/h13,16H,4-12H2,1-3H3. The van der Waals surface area contributed by atoms with Crippen molar-refractivity contribution in [2.75, 3.05) is 32.7 Å². The van der Waals surface area contributed by atoms with Gasteiger partial charge in [0.15, 0.2) is 0 Å². The lowest BCUT2D eigenvalue weighted by Gasteiger charge is -2.33. The maximum absolute atomic E-state index is 11.9. The highest BCUT2D eigenvalue weighted by atomic mass is 16.2. The van der Waals surface area contributed by atoms with E-state index in [1.54, 1.807) is 9.80 Å². The number of hydrogen-bond acceptors (Lipinski definition) is 3. The highest BCUT2D eigenvalue weighted by Crippen LogP contribution is 2.08. The van der Waals surface area contributed by atoms with Crippen molar-refractivity contribution >= 4 is 11.8 Å². The number of likely N-dealkylation sites (N-methyl/N-ethyl adjacent to an activating group) is 1. The molecule has 0 saturated carbocycles. The van der Waals surface area contributed by atoms with Crippen LogP contribution in [0.15, 0.2) is 0 Å². The summed E-state index contributed by atoms with van der Waals surface area (Å²) in [5.41, 5.74) is 0. The van der Waals surface area contributed by atoms with Crippen LogP contribution >= 0.6 is 0 Å². The predicted molar refractivity (Wildman–Crippen MR) is 80.4 cm³/mol. The Morgan fingerprint density at radius 3 is 2.35 bits per heavy atom. The van der Waals surface area contributed by atoms with Gasteiger partial charge < -0.3 is 15.1 Å². The van der Waals surface area contributed by atoms with Crippen LogP contribution in [-0.2, 0) is 9.59 Å². The van der Waals surface area contributed by atoms with E-state index in [-0.39, 0.29) is 24.9 Å². The van der Waals surface area contributed by atoms with Gasteiger partial charge in [-0.1, -0.05) is 13.8 Å². The molecule has 0 aromatic heterocycles. The Labute approximate surface area is 122 Å². The molecular weight excluding hydrogens is 254 g/mol. The Bertz CT molecular complexity index is 320. The Morgan fingerprint density at radius 1 is 1.10 bits per heavy atom. The van der Waals surface area contributed by atoms with Crippen LogP contribution in [0.25, 0.3) is 0 Å². The molecule has 1 rings (SSSR count). The molecule has 0 bridgehead atoms. The fraction of sp³-hybridized carbons (Fsp3) is 0.867. The second-order valence-electron chi connectivity index (χ2n) is 5.42. The van der Waals surface area contributed by atoms with Gasteiger partial charge in [0.2, 0.25) is 11.8 Å². The summed E-state index contributed by atoms with van der Waals surface area (Å²) < 4.78 is 0. The lowest BCUT2D eigenvalue weighted by molar-refractivity contribution is -0.149. The fourth-order valence-electron chi connectivity index (χ4n) is 2.52. The van der Waals surface area contributed by atoms with E-state index in [2.05, 4.69) is 19.2 Å². The maximum Gasteiger partial charge on any atom is 0.242 e. The lowest BCUT2D eigenvalue weighted by Crippen LogP contribution is -2.53. The average Bonchev–Trinajstić information content (AvgIpc) is 2.45. The zero-order chi connectivity index (χ0) is 15.0. The first-order valence-corrected chi connectivity index (χ1v) is 7.91. The Morgan fingerprint density at radius 2 is 1.75 bits per heavy atom. The normalized spacial score (nSPS) is 17.8. The van der Waals surface area contributed by atoms with Crippen LogP contribution in [0.1, 0.15) is 46.5 Å². The molecule has 0 aromatic rings. The number of piperazine rings is 1. The maximum atomic E-state index is 11.9. The second kappa shape index (κ2) is 8.95. The molecule has 0 aliphatic carbocycles. The fourth-order valence-corrected chi connectivity index (χ4v) is 2.52. The van der Waals surface area contributed by atoms with Gasteiger partial charge in [-0.2, -0.15) is 0 Å². The van der Waals surface area contributed by atoms with Crippen molar-refractivity contribution in [2.24, 2.45) is 0 Å². The second-order valence-corrected chi connectivity index (χ2v) is 5.42. The summed E-state index contributed by atoms with van der Waals surface area (Å²) in [7, 11) is 0. The van der Waals surface area contributed by atoms with E-state index >= 15 is 0 Å². The van der Waals surface area contributed by atoms with Crippen molar-refractivity contribution in [3.63, 3.8) is 0 Å². The van der Waals surface area contributed by atoms with Gasteiger partial charge in [0.05, 0.1) is 13.1 Å². The molecule has 1 atom stereocenters. The number of nitrogens with zero attached hydrogens (tertiary/aromatic N) is 2. The van der Waals surface area contributed by atoms with Crippen molar-refractivity contribution in [3.8, 4) is 0 Å². The van der Waals surface area contributed by atoms with E-state index in [1.165, 1.54) is 0 Å². The van der Waals surface area contributed by atoms with Gasteiger partial charge in [0, 0.05) is 19.1 Å². The van der Waals surface area contributed by atoms with Crippen LogP contribution < -0.4 is 5.32 Å². The first kappa shape index (κ1) is 17.0. The lowest BCUT2D eigenvalue weighted by atomic mass is 10.1. The van der Waals surface area contributed by atoms with Crippen molar-refractivity contribution in [1.29, 1.82) is 0 Å². The van der Waals surface area contributed by atoms with Gasteiger partial charge in [-0.15, -0.1) is 0 Å². The summed E-state index contributed by atoms with van der Waals surface area (Å²) in [6, 6.07) is 0.526. The molecular formula is C15H29N3O2. The molecule has 0 spiro atoms. The van der Waals surface area contributed by atoms with Crippen LogP contribution in [0.3, 0.4) is 0 Å². The van der Waals surface area contributed by atoms with Crippen LogP contribution in [-0.4, -0.2) is 60.4 Å². The van der Waals surface area contributed by atoms with E-state index in [1.807, 2.05) is 6.92 Å².